The summed E-state index contributed by atoms with van der Waals surface area (Å²) in [7, 11) is 0. The van der Waals surface area contributed by atoms with Gasteiger partial charge in [0.25, 0.3) is 0 Å². The molecule has 4 rings (SSSR count). The van der Waals surface area contributed by atoms with Gasteiger partial charge in [-0.25, -0.2) is 9.67 Å². The maximum atomic E-state index is 11.4. The van der Waals surface area contributed by atoms with Crippen molar-refractivity contribution in [1.82, 2.24) is 14.8 Å². The minimum atomic E-state index is -0.174. The van der Waals surface area contributed by atoms with Crippen molar-refractivity contribution in [3.63, 3.8) is 0 Å². The molecule has 0 atom stereocenters. The zero-order chi connectivity index (χ0) is 19.7. The predicted octanol–water partition coefficient (Wildman–Crippen LogP) is 4.56. The van der Waals surface area contributed by atoms with E-state index < -0.39 is 0 Å². The van der Waals surface area contributed by atoms with Gasteiger partial charge in [-0.2, -0.15) is 5.10 Å². The molecule has 0 unspecified atom stereocenters. The third kappa shape index (κ3) is 3.46. The number of allylic oxidation sites excluding steroid dienone is 1. The van der Waals surface area contributed by atoms with E-state index in [2.05, 4.69) is 15.3 Å². The average molecular weight is 392 g/mol. The van der Waals surface area contributed by atoms with Gasteiger partial charge in [0.05, 0.1) is 16.4 Å². The van der Waals surface area contributed by atoms with Crippen LogP contribution in [0.4, 0.5) is 5.82 Å². The zero-order valence-electron chi connectivity index (χ0n) is 15.5. The monoisotopic (exact) mass is 391 g/mol. The van der Waals surface area contributed by atoms with E-state index in [9.17, 15) is 4.79 Å². The highest BCUT2D eigenvalue weighted by Crippen LogP contribution is 2.32. The molecule has 0 radical (unpaired) electrons. The number of amides is 1. The summed E-state index contributed by atoms with van der Waals surface area (Å²) in [6.45, 7) is 3.40. The van der Waals surface area contributed by atoms with Crippen LogP contribution in [0, 0.1) is 6.92 Å². The Labute approximate surface area is 167 Å². The highest BCUT2D eigenvalue weighted by Gasteiger charge is 2.20. The number of hydrogen-bond acceptors (Lipinski definition) is 4. The third-order valence-corrected chi connectivity index (χ3v) is 4.76. The summed E-state index contributed by atoms with van der Waals surface area (Å²) in [6, 6.07) is 9.43. The fourth-order valence-corrected chi connectivity index (χ4v) is 3.33. The average Bonchev–Trinajstić information content (AvgIpc) is 3.32. The first kappa shape index (κ1) is 18.1. The van der Waals surface area contributed by atoms with Crippen LogP contribution in [0.25, 0.3) is 16.9 Å². The van der Waals surface area contributed by atoms with E-state index in [0.29, 0.717) is 10.8 Å². The molecule has 6 nitrogen and oxygen atoms in total. The van der Waals surface area contributed by atoms with Gasteiger partial charge < -0.3 is 5.32 Å². The first-order chi connectivity index (χ1) is 13.5. The van der Waals surface area contributed by atoms with E-state index in [0.717, 1.165) is 40.2 Å². The number of nitrogens with zero attached hydrogens (tertiary/aromatic N) is 4. The Bertz CT molecular complexity index is 1130. The lowest BCUT2D eigenvalue weighted by Crippen LogP contribution is -2.09. The number of aromatic nitrogens is 3. The number of benzene rings is 1. The van der Waals surface area contributed by atoms with E-state index in [1.54, 1.807) is 23.1 Å². The first-order valence-electron chi connectivity index (χ1n) is 8.84. The van der Waals surface area contributed by atoms with Crippen LogP contribution in [-0.4, -0.2) is 26.4 Å². The minimum Gasteiger partial charge on any atom is -0.311 e. The molecular formula is C21H18ClN5O. The zero-order valence-corrected chi connectivity index (χ0v) is 16.2. The number of hydrogen-bond donors (Lipinski definition) is 1. The van der Waals surface area contributed by atoms with E-state index in [4.69, 9.17) is 16.7 Å². The number of carbonyl (C=O) groups excluding carboxylic acids is 1. The third-order valence-electron chi connectivity index (χ3n) is 4.43. The Balaban J connectivity index is 1.87. The van der Waals surface area contributed by atoms with E-state index in [-0.39, 0.29) is 5.91 Å². The van der Waals surface area contributed by atoms with Crippen molar-refractivity contribution in [2.75, 3.05) is 5.32 Å². The number of aryl methyl sites for hydroxylation is 1. The molecule has 3 heterocycles. The molecule has 0 spiro atoms. The number of anilines is 1. The van der Waals surface area contributed by atoms with Crippen molar-refractivity contribution in [2.45, 2.75) is 20.3 Å². The molecule has 0 aliphatic carbocycles. The molecule has 140 valence electrons. The van der Waals surface area contributed by atoms with Crippen LogP contribution in [0.2, 0.25) is 5.02 Å². The maximum Gasteiger partial charge on any atom is 0.222 e. The Hall–Kier alpha value is -3.25. The Morgan fingerprint density at radius 3 is 2.79 bits per heavy atom. The predicted molar refractivity (Wildman–Crippen MR) is 111 cm³/mol. The number of aliphatic imine (C=N–C) groups is 1. The summed E-state index contributed by atoms with van der Waals surface area (Å²) in [4.78, 5) is 20.1. The molecule has 2 aromatic heterocycles. The second kappa shape index (κ2) is 7.40. The molecule has 0 fully saturated rings. The summed E-state index contributed by atoms with van der Waals surface area (Å²) in [5.41, 5.74) is 5.24. The van der Waals surface area contributed by atoms with Crippen LogP contribution in [0.1, 0.15) is 24.5 Å². The van der Waals surface area contributed by atoms with Gasteiger partial charge in [-0.1, -0.05) is 35.9 Å². The van der Waals surface area contributed by atoms with E-state index in [1.807, 2.05) is 43.5 Å². The van der Waals surface area contributed by atoms with Crippen molar-refractivity contribution >= 4 is 29.0 Å². The molecule has 28 heavy (non-hydrogen) atoms. The van der Waals surface area contributed by atoms with Crippen molar-refractivity contribution < 1.29 is 4.79 Å². The standard InChI is InChI=1S/C21H18ClN5O/c1-13-11-24-20(25-14(2)28)10-19(13)27-12-16(18-8-5-9-23-18)21(26-27)15-6-3-4-7-17(15)22/h3-7,9-12H,8H2,1-2H3,(H,24,25,28). The fraction of sp³-hybridized carbons (Fsp3) is 0.143. The molecule has 1 N–H and O–H groups in total. The van der Waals surface area contributed by atoms with Gasteiger partial charge in [-0.3, -0.25) is 9.79 Å². The minimum absolute atomic E-state index is 0.174. The number of halogens is 1. The summed E-state index contributed by atoms with van der Waals surface area (Å²) in [5.74, 6) is 0.302. The quantitative estimate of drug-likeness (QED) is 0.708. The van der Waals surface area contributed by atoms with Gasteiger partial charge in [0, 0.05) is 49.1 Å². The number of carbonyl (C=O) groups is 1. The summed E-state index contributed by atoms with van der Waals surface area (Å²) >= 11 is 6.44. The van der Waals surface area contributed by atoms with Crippen LogP contribution in [0.5, 0.6) is 0 Å². The number of rotatable bonds is 4. The van der Waals surface area contributed by atoms with Crippen LogP contribution in [0.3, 0.4) is 0 Å². The smallest absolute Gasteiger partial charge is 0.222 e. The molecule has 1 aromatic carbocycles. The van der Waals surface area contributed by atoms with Crippen LogP contribution < -0.4 is 5.32 Å². The Kier molecular flexibility index (Phi) is 4.79. The van der Waals surface area contributed by atoms with Crippen molar-refractivity contribution in [3.05, 3.63) is 71.2 Å². The van der Waals surface area contributed by atoms with Gasteiger partial charge in [-0.05, 0) is 18.6 Å². The van der Waals surface area contributed by atoms with E-state index >= 15 is 0 Å². The van der Waals surface area contributed by atoms with Crippen molar-refractivity contribution in [3.8, 4) is 16.9 Å². The normalized spacial score (nSPS) is 12.9. The topological polar surface area (TPSA) is 72.2 Å². The number of pyridine rings is 1. The molecule has 0 saturated heterocycles. The van der Waals surface area contributed by atoms with Gasteiger partial charge >= 0.3 is 0 Å². The molecule has 7 heteroatoms. The molecule has 0 bridgehead atoms. The lowest BCUT2D eigenvalue weighted by Gasteiger charge is -2.08. The molecule has 1 aliphatic rings. The second-order valence-corrected chi connectivity index (χ2v) is 6.92. The van der Waals surface area contributed by atoms with Crippen LogP contribution >= 0.6 is 11.6 Å². The van der Waals surface area contributed by atoms with E-state index in [1.165, 1.54) is 6.92 Å². The fourth-order valence-electron chi connectivity index (χ4n) is 3.11. The highest BCUT2D eigenvalue weighted by molar-refractivity contribution is 6.33. The number of nitrogens with one attached hydrogen (secondary N) is 1. The summed E-state index contributed by atoms with van der Waals surface area (Å²) < 4.78 is 1.79. The Morgan fingerprint density at radius 1 is 1.25 bits per heavy atom. The lowest BCUT2D eigenvalue weighted by atomic mass is 10.0. The lowest BCUT2D eigenvalue weighted by molar-refractivity contribution is -0.114. The summed E-state index contributed by atoms with van der Waals surface area (Å²) in [5, 5.41) is 8.16. The highest BCUT2D eigenvalue weighted by atomic mass is 35.5. The Morgan fingerprint density at radius 2 is 2.07 bits per heavy atom. The molecular weight excluding hydrogens is 374 g/mol. The molecule has 1 amide bonds. The van der Waals surface area contributed by atoms with Crippen molar-refractivity contribution in [2.24, 2.45) is 4.99 Å². The molecule has 3 aromatic rings. The molecule has 1 aliphatic heterocycles. The van der Waals surface area contributed by atoms with Crippen LogP contribution in [0.15, 0.2) is 60.0 Å². The summed E-state index contributed by atoms with van der Waals surface area (Å²) in [6.07, 6.45) is 8.22. The van der Waals surface area contributed by atoms with Gasteiger partial charge in [0.2, 0.25) is 5.91 Å². The van der Waals surface area contributed by atoms with Crippen LogP contribution in [-0.2, 0) is 4.79 Å². The first-order valence-corrected chi connectivity index (χ1v) is 9.22. The van der Waals surface area contributed by atoms with Gasteiger partial charge in [0.1, 0.15) is 11.5 Å². The molecule has 0 saturated carbocycles. The van der Waals surface area contributed by atoms with Gasteiger partial charge in [0.15, 0.2) is 0 Å². The SMILES string of the molecule is CC(=O)Nc1cc(-n2cc(C3=NC=CC3)c(-c3ccccc3Cl)n2)c(C)cn1. The largest absolute Gasteiger partial charge is 0.311 e. The van der Waals surface area contributed by atoms with Gasteiger partial charge in [-0.15, -0.1) is 0 Å². The van der Waals surface area contributed by atoms with Crippen molar-refractivity contribution in [1.29, 1.82) is 0 Å². The second-order valence-electron chi connectivity index (χ2n) is 6.52. The maximum absolute atomic E-state index is 11.4.